The van der Waals surface area contributed by atoms with Crippen LogP contribution in [0.4, 0.5) is 0 Å². The topological polar surface area (TPSA) is 75.1 Å². The number of hydrogen-bond acceptors (Lipinski definition) is 5. The van der Waals surface area contributed by atoms with Crippen LogP contribution in [0.1, 0.15) is 0 Å². The van der Waals surface area contributed by atoms with Crippen molar-refractivity contribution >= 4 is 0 Å². The molecule has 0 aliphatic heterocycles. The van der Waals surface area contributed by atoms with Crippen LogP contribution < -0.4 is 14.6 Å². The van der Waals surface area contributed by atoms with Gasteiger partial charge < -0.3 is 14.4 Å². The Morgan fingerprint density at radius 3 is 3.00 bits per heavy atom. The van der Waals surface area contributed by atoms with E-state index < -0.39 is 6.08 Å². The average molecular weight is 193 g/mol. The Labute approximate surface area is 79.3 Å². The molecule has 0 saturated heterocycles. The molecule has 0 N–H and O–H groups in total. The average Bonchev–Trinajstić information content (AvgIpc) is 2.65. The summed E-state index contributed by atoms with van der Waals surface area (Å²) >= 11 is 0. The molecule has 2 aromatic rings. The van der Waals surface area contributed by atoms with Gasteiger partial charge in [-0.15, -0.1) is 0 Å². The van der Waals surface area contributed by atoms with E-state index in [1.54, 1.807) is 31.4 Å². The summed E-state index contributed by atoms with van der Waals surface area (Å²) in [4.78, 5) is 1.10. The van der Waals surface area contributed by atoms with Gasteiger partial charge in [-0.2, -0.15) is 0 Å². The fraction of sp³-hybridized carbons (Fsp3) is 0.125. The minimum Gasteiger partial charge on any atom is -0.523 e. The Morgan fingerprint density at radius 2 is 2.36 bits per heavy atom. The second-order valence-corrected chi connectivity index (χ2v) is 2.53. The summed E-state index contributed by atoms with van der Waals surface area (Å²) in [5.41, 5.74) is 0.607. The zero-order valence-corrected chi connectivity index (χ0v) is 7.38. The highest BCUT2D eigenvalue weighted by Crippen LogP contribution is 2.11. The van der Waals surface area contributed by atoms with Gasteiger partial charge in [0.25, 0.3) is 5.69 Å². The number of aromatic nitrogens is 3. The normalized spacial score (nSPS) is 10.1. The van der Waals surface area contributed by atoms with E-state index in [2.05, 4.69) is 14.9 Å². The molecule has 14 heavy (non-hydrogen) atoms. The summed E-state index contributed by atoms with van der Waals surface area (Å²) in [6.07, 6.45) is -0.729. The molecule has 0 fully saturated rings. The molecular formula is C8H7N3O3. The minimum atomic E-state index is -0.729. The van der Waals surface area contributed by atoms with Crippen molar-refractivity contribution in [3.05, 3.63) is 24.3 Å². The van der Waals surface area contributed by atoms with Crippen LogP contribution in [0, 0.1) is 0 Å². The predicted molar refractivity (Wildman–Crippen MR) is 41.8 cm³/mol. The highest BCUT2D eigenvalue weighted by atomic mass is 16.6. The Bertz CT molecular complexity index is 441. The van der Waals surface area contributed by atoms with Gasteiger partial charge in [0.1, 0.15) is 11.0 Å². The summed E-state index contributed by atoms with van der Waals surface area (Å²) in [5, 5.41) is 17.5. The third-order valence-corrected chi connectivity index (χ3v) is 1.66. The second-order valence-electron chi connectivity index (χ2n) is 2.53. The Morgan fingerprint density at radius 1 is 1.50 bits per heavy atom. The highest BCUT2D eigenvalue weighted by molar-refractivity contribution is 5.32. The zero-order valence-electron chi connectivity index (χ0n) is 7.38. The van der Waals surface area contributed by atoms with Crippen molar-refractivity contribution in [3.63, 3.8) is 0 Å². The van der Waals surface area contributed by atoms with Gasteiger partial charge in [0, 0.05) is 6.07 Å². The van der Waals surface area contributed by atoms with Crippen LogP contribution in [-0.2, 0) is 0 Å². The molecule has 6 heteroatoms. The molecule has 0 radical (unpaired) electrons. The van der Waals surface area contributed by atoms with Crippen LogP contribution in [0.3, 0.4) is 0 Å². The monoisotopic (exact) mass is 193 g/mol. The third kappa shape index (κ3) is 1.49. The van der Waals surface area contributed by atoms with E-state index in [-0.39, 0.29) is 0 Å². The first-order valence-corrected chi connectivity index (χ1v) is 3.87. The number of hydrogen-bond donors (Lipinski definition) is 0. The van der Waals surface area contributed by atoms with Crippen molar-refractivity contribution in [1.29, 1.82) is 0 Å². The van der Waals surface area contributed by atoms with Gasteiger partial charge in [-0.25, -0.2) is 0 Å². The third-order valence-electron chi connectivity index (χ3n) is 1.66. The fourth-order valence-corrected chi connectivity index (χ4v) is 1.03. The molecule has 0 spiro atoms. The number of methoxy groups -OCH3 is 1. The lowest BCUT2D eigenvalue weighted by molar-refractivity contribution is -0.726. The Kier molecular flexibility index (Phi) is 2.02. The van der Waals surface area contributed by atoms with Gasteiger partial charge in [-0.05, 0) is 6.07 Å². The van der Waals surface area contributed by atoms with Gasteiger partial charge in [-0.3, -0.25) is 0 Å². The maximum atomic E-state index is 10.6. The van der Waals surface area contributed by atoms with Crippen molar-refractivity contribution in [3.8, 4) is 17.5 Å². The molecule has 1 heterocycles. The Balaban J connectivity index is 2.41. The zero-order chi connectivity index (χ0) is 9.97. The number of ether oxygens (including phenoxy) is 1. The minimum absolute atomic E-state index is 0.607. The maximum absolute atomic E-state index is 10.6. The number of rotatable bonds is 2. The van der Waals surface area contributed by atoms with E-state index >= 15 is 0 Å². The highest BCUT2D eigenvalue weighted by Gasteiger charge is 2.11. The lowest BCUT2D eigenvalue weighted by atomic mass is 10.3. The molecule has 6 nitrogen and oxygen atoms in total. The number of benzene rings is 1. The number of nitrogens with zero attached hydrogens (tertiary/aromatic N) is 3. The van der Waals surface area contributed by atoms with Crippen LogP contribution in [0.15, 0.2) is 28.8 Å². The molecule has 0 bridgehead atoms. The first-order valence-electron chi connectivity index (χ1n) is 3.87. The van der Waals surface area contributed by atoms with E-state index in [4.69, 9.17) is 4.74 Å². The molecule has 0 amide bonds. The van der Waals surface area contributed by atoms with Crippen LogP contribution in [-0.4, -0.2) is 17.5 Å². The first kappa shape index (κ1) is 8.49. The smallest absolute Gasteiger partial charge is 0.273 e. The van der Waals surface area contributed by atoms with Gasteiger partial charge in [0.15, 0.2) is 0 Å². The standard InChI is InChI=1S/C8H7N3O3/c1-13-7-4-2-3-6(5-7)11-9-8(12)14-10-11/h2-5H,1H3. The molecule has 0 atom stereocenters. The van der Waals surface area contributed by atoms with E-state index in [1.165, 1.54) is 0 Å². The first-order chi connectivity index (χ1) is 6.79. The lowest BCUT2D eigenvalue weighted by Gasteiger charge is -1.95. The summed E-state index contributed by atoms with van der Waals surface area (Å²) in [6, 6.07) is 6.97. The van der Waals surface area contributed by atoms with E-state index in [1.807, 2.05) is 0 Å². The van der Waals surface area contributed by atoms with Crippen LogP contribution in [0.2, 0.25) is 0 Å². The van der Waals surface area contributed by atoms with Gasteiger partial charge in [0.2, 0.25) is 6.08 Å². The van der Waals surface area contributed by atoms with Crippen molar-refractivity contribution in [2.75, 3.05) is 7.11 Å². The molecule has 0 saturated carbocycles. The molecular weight excluding hydrogens is 186 g/mol. The summed E-state index contributed by atoms with van der Waals surface area (Å²) < 4.78 is 9.30. The lowest BCUT2D eigenvalue weighted by Crippen LogP contribution is -2.35. The van der Waals surface area contributed by atoms with Crippen molar-refractivity contribution in [2.24, 2.45) is 0 Å². The molecule has 1 aromatic carbocycles. The summed E-state index contributed by atoms with van der Waals surface area (Å²) in [6.45, 7) is 0. The van der Waals surface area contributed by atoms with E-state index in [0.29, 0.717) is 11.4 Å². The molecule has 72 valence electrons. The molecule has 2 rings (SSSR count). The largest absolute Gasteiger partial charge is 0.523 e. The maximum Gasteiger partial charge on any atom is 0.273 e. The van der Waals surface area contributed by atoms with Crippen molar-refractivity contribution in [1.82, 2.24) is 10.4 Å². The summed E-state index contributed by atoms with van der Waals surface area (Å²) in [7, 11) is 1.55. The van der Waals surface area contributed by atoms with E-state index in [0.717, 1.165) is 4.80 Å². The Hall–Kier alpha value is -2.11. The van der Waals surface area contributed by atoms with Gasteiger partial charge in [0.05, 0.1) is 23.1 Å². The van der Waals surface area contributed by atoms with Crippen LogP contribution >= 0.6 is 0 Å². The van der Waals surface area contributed by atoms with Crippen molar-refractivity contribution in [2.45, 2.75) is 0 Å². The predicted octanol–water partition coefficient (Wildman–Crippen LogP) is -0.572. The van der Waals surface area contributed by atoms with E-state index in [9.17, 15) is 5.11 Å². The molecule has 0 aliphatic carbocycles. The summed E-state index contributed by atoms with van der Waals surface area (Å²) in [5.74, 6) is 0.659. The van der Waals surface area contributed by atoms with Crippen molar-refractivity contribution < 1.29 is 19.2 Å². The molecule has 0 aliphatic rings. The fourth-order valence-electron chi connectivity index (χ4n) is 1.03. The quantitative estimate of drug-likeness (QED) is 0.597. The van der Waals surface area contributed by atoms with Crippen LogP contribution in [0.5, 0.6) is 11.8 Å². The van der Waals surface area contributed by atoms with Crippen LogP contribution in [0.25, 0.3) is 5.69 Å². The van der Waals surface area contributed by atoms with Gasteiger partial charge in [-0.1, -0.05) is 6.07 Å². The second kappa shape index (κ2) is 3.33. The molecule has 1 aromatic heterocycles. The molecule has 0 unspecified atom stereocenters. The SMILES string of the molecule is COc1cccc(-[n+]2noc([O-])n2)c1. The van der Waals surface area contributed by atoms with Gasteiger partial charge >= 0.3 is 0 Å².